The maximum Gasteiger partial charge on any atom is 0.307 e. The van der Waals surface area contributed by atoms with Crippen molar-refractivity contribution in [1.82, 2.24) is 0 Å². The average molecular weight is 362 g/mol. The smallest absolute Gasteiger partial charge is 0.307 e. The van der Waals surface area contributed by atoms with Crippen molar-refractivity contribution < 1.29 is 14.3 Å². The molecule has 0 aromatic rings. The predicted octanol–water partition coefficient (Wildman–Crippen LogP) is 3.86. The first-order chi connectivity index (χ1) is 12.4. The first-order valence-corrected chi connectivity index (χ1v) is 10.8. The van der Waals surface area contributed by atoms with Gasteiger partial charge < -0.3 is 10.5 Å². The van der Waals surface area contributed by atoms with Crippen molar-refractivity contribution >= 4 is 11.8 Å². The van der Waals surface area contributed by atoms with Gasteiger partial charge in [0.2, 0.25) is 0 Å². The molecule has 4 rings (SSSR count). The van der Waals surface area contributed by atoms with Gasteiger partial charge in [-0.1, -0.05) is 13.8 Å². The molecule has 146 valence electrons. The van der Waals surface area contributed by atoms with Crippen LogP contribution in [-0.4, -0.2) is 24.4 Å². The molecule has 2 N–H and O–H groups in total. The quantitative estimate of drug-likeness (QED) is 0.775. The zero-order valence-electron chi connectivity index (χ0n) is 16.5. The largest absolute Gasteiger partial charge is 0.462 e. The Morgan fingerprint density at radius 3 is 2.69 bits per heavy atom. The summed E-state index contributed by atoms with van der Waals surface area (Å²) in [4.78, 5) is 24.3. The second-order valence-corrected chi connectivity index (χ2v) is 10.00. The summed E-state index contributed by atoms with van der Waals surface area (Å²) in [5.41, 5.74) is 5.81. The second kappa shape index (κ2) is 6.61. The van der Waals surface area contributed by atoms with E-state index in [-0.39, 0.29) is 17.5 Å². The molecular weight excluding hydrogens is 326 g/mol. The van der Waals surface area contributed by atoms with E-state index in [1.807, 2.05) is 0 Å². The zero-order chi connectivity index (χ0) is 18.5. The van der Waals surface area contributed by atoms with Crippen LogP contribution in [0.15, 0.2) is 0 Å². The van der Waals surface area contributed by atoms with Gasteiger partial charge in [0.25, 0.3) is 0 Å². The van der Waals surface area contributed by atoms with Crippen molar-refractivity contribution in [3.05, 3.63) is 0 Å². The third kappa shape index (κ3) is 2.75. The van der Waals surface area contributed by atoms with Gasteiger partial charge in [0.15, 0.2) is 0 Å². The van der Waals surface area contributed by atoms with Crippen LogP contribution < -0.4 is 5.73 Å². The van der Waals surface area contributed by atoms with Gasteiger partial charge in [-0.2, -0.15) is 0 Å². The Hall–Kier alpha value is -0.900. The van der Waals surface area contributed by atoms with Crippen molar-refractivity contribution in [2.75, 3.05) is 6.54 Å². The van der Waals surface area contributed by atoms with E-state index in [2.05, 4.69) is 13.8 Å². The summed E-state index contributed by atoms with van der Waals surface area (Å²) in [7, 11) is 0. The van der Waals surface area contributed by atoms with Gasteiger partial charge in [0.1, 0.15) is 11.9 Å². The van der Waals surface area contributed by atoms with E-state index in [0.29, 0.717) is 36.0 Å². The first-order valence-electron chi connectivity index (χ1n) is 10.8. The number of hydrogen-bond acceptors (Lipinski definition) is 4. The predicted molar refractivity (Wildman–Crippen MR) is 100 cm³/mol. The van der Waals surface area contributed by atoms with Gasteiger partial charge >= 0.3 is 5.97 Å². The summed E-state index contributed by atoms with van der Waals surface area (Å²) in [5, 5.41) is 0. The monoisotopic (exact) mass is 361 g/mol. The van der Waals surface area contributed by atoms with Crippen LogP contribution in [0.25, 0.3) is 0 Å². The molecule has 4 nitrogen and oxygen atoms in total. The van der Waals surface area contributed by atoms with Crippen LogP contribution in [0, 0.1) is 34.5 Å². The van der Waals surface area contributed by atoms with Crippen LogP contribution in [0.2, 0.25) is 0 Å². The summed E-state index contributed by atoms with van der Waals surface area (Å²) in [5.74, 6) is 3.17. The highest BCUT2D eigenvalue weighted by Gasteiger charge is 2.60. The number of ether oxygens (including phenoxy) is 1. The molecule has 0 aromatic carbocycles. The summed E-state index contributed by atoms with van der Waals surface area (Å²) in [6.07, 6.45) is 10.3. The lowest BCUT2D eigenvalue weighted by atomic mass is 9.45. The van der Waals surface area contributed by atoms with E-state index >= 15 is 0 Å². The molecule has 0 saturated heterocycles. The van der Waals surface area contributed by atoms with E-state index in [9.17, 15) is 9.59 Å². The Kier molecular flexibility index (Phi) is 4.70. The fourth-order valence-corrected chi connectivity index (χ4v) is 7.46. The lowest BCUT2D eigenvalue weighted by Gasteiger charge is -2.60. The standard InChI is InChI=1S/C22H35NO3/c1-21-10-7-15(26-20(25)9-12-23)13-14(21)3-4-16-17-5-6-19(24)22(17,2)11-8-18(16)21/h14-18H,3-13,23H2,1-2H3. The van der Waals surface area contributed by atoms with Crippen LogP contribution in [0.4, 0.5) is 0 Å². The highest BCUT2D eigenvalue weighted by Crippen LogP contribution is 2.65. The fraction of sp³-hybridized carbons (Fsp3) is 0.909. The molecule has 4 aliphatic rings. The van der Waals surface area contributed by atoms with E-state index in [4.69, 9.17) is 10.5 Å². The Labute approximate surface area is 157 Å². The minimum Gasteiger partial charge on any atom is -0.462 e. The molecular formula is C22H35NO3. The lowest BCUT2D eigenvalue weighted by Crippen LogP contribution is -2.54. The molecule has 4 saturated carbocycles. The summed E-state index contributed by atoms with van der Waals surface area (Å²) >= 11 is 0. The third-order valence-electron chi connectivity index (χ3n) is 8.97. The molecule has 7 atom stereocenters. The summed E-state index contributed by atoms with van der Waals surface area (Å²) in [6, 6.07) is 0. The highest BCUT2D eigenvalue weighted by atomic mass is 16.5. The van der Waals surface area contributed by atoms with Crippen molar-refractivity contribution in [2.24, 2.45) is 40.2 Å². The van der Waals surface area contributed by atoms with Crippen molar-refractivity contribution in [3.8, 4) is 0 Å². The third-order valence-corrected chi connectivity index (χ3v) is 8.97. The number of rotatable bonds is 3. The van der Waals surface area contributed by atoms with Crippen molar-refractivity contribution in [3.63, 3.8) is 0 Å². The lowest BCUT2D eigenvalue weighted by molar-refractivity contribution is -0.162. The molecule has 0 bridgehead atoms. The minimum absolute atomic E-state index is 0.0285. The Bertz CT molecular complexity index is 590. The maximum absolute atomic E-state index is 12.5. The highest BCUT2D eigenvalue weighted by molar-refractivity contribution is 5.87. The van der Waals surface area contributed by atoms with Gasteiger partial charge in [-0.3, -0.25) is 9.59 Å². The van der Waals surface area contributed by atoms with Crippen LogP contribution in [0.5, 0.6) is 0 Å². The number of esters is 1. The Morgan fingerprint density at radius 1 is 1.12 bits per heavy atom. The molecule has 4 heteroatoms. The number of carbonyl (C=O) groups is 2. The Morgan fingerprint density at radius 2 is 1.92 bits per heavy atom. The van der Waals surface area contributed by atoms with Gasteiger partial charge in [-0.05, 0) is 80.5 Å². The number of nitrogens with two attached hydrogens (primary N) is 1. The number of hydrogen-bond donors (Lipinski definition) is 1. The Balaban J connectivity index is 1.47. The minimum atomic E-state index is -0.132. The number of ketones is 1. The topological polar surface area (TPSA) is 69.4 Å². The first kappa shape index (κ1) is 18.5. The second-order valence-electron chi connectivity index (χ2n) is 10.00. The van der Waals surface area contributed by atoms with Gasteiger partial charge in [-0.15, -0.1) is 0 Å². The van der Waals surface area contributed by atoms with Crippen LogP contribution >= 0.6 is 0 Å². The van der Waals surface area contributed by atoms with Crippen LogP contribution in [-0.2, 0) is 14.3 Å². The van der Waals surface area contributed by atoms with E-state index in [1.54, 1.807) is 0 Å². The van der Waals surface area contributed by atoms with Crippen LogP contribution in [0.3, 0.4) is 0 Å². The zero-order valence-corrected chi connectivity index (χ0v) is 16.5. The molecule has 4 fully saturated rings. The number of fused-ring (bicyclic) bond motifs is 5. The molecule has 0 aromatic heterocycles. The molecule has 26 heavy (non-hydrogen) atoms. The molecule has 0 spiro atoms. The van der Waals surface area contributed by atoms with Crippen molar-refractivity contribution in [2.45, 2.75) is 84.2 Å². The SMILES string of the molecule is CC12CCC3C(CCC4CC(OC(=O)CCN)CCC43C)C1CCC2=O. The normalized spacial score (nSPS) is 47.7. The summed E-state index contributed by atoms with van der Waals surface area (Å²) < 4.78 is 5.70. The van der Waals surface area contributed by atoms with E-state index < -0.39 is 0 Å². The molecule has 7 unspecified atom stereocenters. The average Bonchev–Trinajstić information content (AvgIpc) is 2.91. The van der Waals surface area contributed by atoms with Gasteiger partial charge in [0.05, 0.1) is 6.42 Å². The summed E-state index contributed by atoms with van der Waals surface area (Å²) in [6.45, 7) is 5.13. The molecule has 0 aliphatic heterocycles. The molecule has 0 radical (unpaired) electrons. The van der Waals surface area contributed by atoms with Crippen molar-refractivity contribution in [1.29, 1.82) is 0 Å². The van der Waals surface area contributed by atoms with E-state index in [1.165, 1.54) is 19.3 Å². The molecule has 0 heterocycles. The van der Waals surface area contributed by atoms with E-state index in [0.717, 1.165) is 50.4 Å². The number of Topliss-reactive ketones (excluding diaryl/α,β-unsaturated/α-hetero) is 1. The fourth-order valence-electron chi connectivity index (χ4n) is 7.46. The van der Waals surface area contributed by atoms with Gasteiger partial charge in [-0.25, -0.2) is 0 Å². The van der Waals surface area contributed by atoms with Gasteiger partial charge in [0, 0.05) is 18.4 Å². The molecule has 0 amide bonds. The van der Waals surface area contributed by atoms with Crippen LogP contribution in [0.1, 0.15) is 78.1 Å². The molecule has 4 aliphatic carbocycles. The number of carbonyl (C=O) groups excluding carboxylic acids is 2. The maximum atomic E-state index is 12.5.